The van der Waals surface area contributed by atoms with Crippen LogP contribution < -0.4 is 0 Å². The van der Waals surface area contributed by atoms with Crippen LogP contribution in [0.4, 0.5) is 22.0 Å². The molecule has 0 saturated heterocycles. The van der Waals surface area contributed by atoms with Gasteiger partial charge in [-0.1, -0.05) is 0 Å². The van der Waals surface area contributed by atoms with Crippen LogP contribution in [0.15, 0.2) is 0 Å². The van der Waals surface area contributed by atoms with Gasteiger partial charge in [0.2, 0.25) is 5.82 Å². The maximum absolute atomic E-state index is 13.5. The van der Waals surface area contributed by atoms with E-state index in [-0.39, 0.29) is 18.8 Å². The fourth-order valence-corrected chi connectivity index (χ4v) is 2.78. The second kappa shape index (κ2) is 5.99. The lowest BCUT2D eigenvalue weighted by Crippen LogP contribution is -2.11. The first kappa shape index (κ1) is 15.7. The minimum Gasteiger partial charge on any atom is -0.481 e. The van der Waals surface area contributed by atoms with Crippen molar-refractivity contribution in [1.82, 2.24) is 0 Å². The molecule has 1 aliphatic rings. The van der Waals surface area contributed by atoms with Crippen molar-refractivity contribution >= 4 is 5.97 Å². The molecule has 0 aliphatic heterocycles. The van der Waals surface area contributed by atoms with Crippen LogP contribution in [0.1, 0.15) is 31.2 Å². The normalized spacial score (nSPS) is 21.8. The first-order valence-electron chi connectivity index (χ1n) is 6.56. The molecule has 21 heavy (non-hydrogen) atoms. The number of carboxylic acids is 1. The van der Waals surface area contributed by atoms with Gasteiger partial charge >= 0.3 is 5.97 Å². The van der Waals surface area contributed by atoms with E-state index in [9.17, 15) is 26.7 Å². The van der Waals surface area contributed by atoms with Gasteiger partial charge in [-0.3, -0.25) is 4.79 Å². The minimum absolute atomic E-state index is 0.0823. The number of carboxylic acid groups (broad SMARTS) is 1. The van der Waals surface area contributed by atoms with Crippen molar-refractivity contribution in [3.8, 4) is 0 Å². The molecule has 2 nitrogen and oxygen atoms in total. The third-order valence-electron chi connectivity index (χ3n) is 3.99. The highest BCUT2D eigenvalue weighted by atomic mass is 19.2. The van der Waals surface area contributed by atoms with Crippen LogP contribution in [0.3, 0.4) is 0 Å². The molecule has 2 unspecified atom stereocenters. The predicted octanol–water partition coefficient (Wildman–Crippen LogP) is 3.82. The van der Waals surface area contributed by atoms with E-state index in [1.165, 1.54) is 0 Å². The van der Waals surface area contributed by atoms with Crippen molar-refractivity contribution in [3.63, 3.8) is 0 Å². The van der Waals surface area contributed by atoms with Crippen LogP contribution in [-0.4, -0.2) is 11.1 Å². The highest BCUT2D eigenvalue weighted by Gasteiger charge is 2.31. The summed E-state index contributed by atoms with van der Waals surface area (Å²) in [5, 5.41) is 8.85. The molecule has 0 spiro atoms. The Morgan fingerprint density at radius 3 is 1.95 bits per heavy atom. The van der Waals surface area contributed by atoms with Gasteiger partial charge in [-0.2, -0.15) is 0 Å². The molecule has 1 aliphatic carbocycles. The molecule has 116 valence electrons. The number of hydrogen-bond donors (Lipinski definition) is 1. The number of benzene rings is 1. The van der Waals surface area contributed by atoms with Crippen LogP contribution in [-0.2, 0) is 11.2 Å². The Labute approximate surface area is 117 Å². The average Bonchev–Trinajstić information content (AvgIpc) is 2.92. The lowest BCUT2D eigenvalue weighted by atomic mass is 9.96. The van der Waals surface area contributed by atoms with E-state index in [1.807, 2.05) is 0 Å². The molecule has 7 heteroatoms. The topological polar surface area (TPSA) is 37.3 Å². The SMILES string of the molecule is O=C(O)C1CCC(CCc2c(F)c(F)c(F)c(F)c2F)C1. The van der Waals surface area contributed by atoms with Gasteiger partial charge in [-0.05, 0) is 38.0 Å². The van der Waals surface area contributed by atoms with E-state index in [0.29, 0.717) is 19.3 Å². The molecule has 1 N–H and O–H groups in total. The van der Waals surface area contributed by atoms with Gasteiger partial charge in [0.1, 0.15) is 0 Å². The molecular weight excluding hydrogens is 295 g/mol. The Kier molecular flexibility index (Phi) is 4.49. The van der Waals surface area contributed by atoms with Gasteiger partial charge in [-0.15, -0.1) is 0 Å². The lowest BCUT2D eigenvalue weighted by molar-refractivity contribution is -0.141. The molecule has 0 aromatic heterocycles. The minimum atomic E-state index is -2.17. The van der Waals surface area contributed by atoms with E-state index in [1.54, 1.807) is 0 Å². The second-order valence-electron chi connectivity index (χ2n) is 5.30. The Morgan fingerprint density at radius 2 is 1.48 bits per heavy atom. The molecule has 0 heterocycles. The summed E-state index contributed by atoms with van der Waals surface area (Å²) in [6, 6.07) is 0. The zero-order valence-electron chi connectivity index (χ0n) is 10.9. The quantitative estimate of drug-likeness (QED) is 0.521. The van der Waals surface area contributed by atoms with Crippen molar-refractivity contribution in [3.05, 3.63) is 34.6 Å². The maximum atomic E-state index is 13.5. The summed E-state index contributed by atoms with van der Waals surface area (Å²) in [6.45, 7) is 0. The molecule has 1 aromatic rings. The van der Waals surface area contributed by atoms with Crippen molar-refractivity contribution < 1.29 is 31.9 Å². The van der Waals surface area contributed by atoms with E-state index in [2.05, 4.69) is 0 Å². The summed E-state index contributed by atoms with van der Waals surface area (Å²) in [5.41, 5.74) is -0.829. The molecule has 0 amide bonds. The van der Waals surface area contributed by atoms with Crippen LogP contribution >= 0.6 is 0 Å². The zero-order chi connectivity index (χ0) is 15.7. The smallest absolute Gasteiger partial charge is 0.306 e. The number of aliphatic carboxylic acids is 1. The van der Waals surface area contributed by atoms with Gasteiger partial charge in [0.05, 0.1) is 5.92 Å². The maximum Gasteiger partial charge on any atom is 0.306 e. The number of halogens is 5. The third kappa shape index (κ3) is 3.01. The fourth-order valence-electron chi connectivity index (χ4n) is 2.78. The number of hydrogen-bond acceptors (Lipinski definition) is 1. The largest absolute Gasteiger partial charge is 0.481 e. The van der Waals surface area contributed by atoms with Crippen LogP contribution in [0.5, 0.6) is 0 Å². The molecule has 1 saturated carbocycles. The summed E-state index contributed by atoms with van der Waals surface area (Å²) in [7, 11) is 0. The highest BCUT2D eigenvalue weighted by Crippen LogP contribution is 2.35. The average molecular weight is 308 g/mol. The summed E-state index contributed by atoms with van der Waals surface area (Å²) in [4.78, 5) is 10.8. The molecule has 0 radical (unpaired) electrons. The first-order chi connectivity index (χ1) is 9.82. The first-order valence-corrected chi connectivity index (χ1v) is 6.56. The standard InChI is InChI=1S/C14H13F5O2/c15-9-8(10(16)12(18)13(19)11(9)17)4-2-6-1-3-7(5-6)14(20)21/h6-7H,1-5H2,(H,20,21). The summed E-state index contributed by atoms with van der Waals surface area (Å²) in [5.74, 6) is -11.2. The Bertz CT molecular complexity index is 544. The highest BCUT2D eigenvalue weighted by molar-refractivity contribution is 5.70. The predicted molar refractivity (Wildman–Crippen MR) is 63.0 cm³/mol. The summed E-state index contributed by atoms with van der Waals surface area (Å²) in [6.07, 6.45) is 1.30. The van der Waals surface area contributed by atoms with Crippen molar-refractivity contribution in [1.29, 1.82) is 0 Å². The monoisotopic (exact) mass is 308 g/mol. The summed E-state index contributed by atoms with van der Waals surface area (Å²) < 4.78 is 65.9. The molecule has 0 bridgehead atoms. The van der Waals surface area contributed by atoms with E-state index in [4.69, 9.17) is 5.11 Å². The Hall–Kier alpha value is -1.66. The lowest BCUT2D eigenvalue weighted by Gasteiger charge is -2.12. The van der Waals surface area contributed by atoms with Gasteiger partial charge < -0.3 is 5.11 Å². The van der Waals surface area contributed by atoms with Gasteiger partial charge in [-0.25, -0.2) is 22.0 Å². The fraction of sp³-hybridized carbons (Fsp3) is 0.500. The molecule has 1 aromatic carbocycles. The van der Waals surface area contributed by atoms with E-state index >= 15 is 0 Å². The van der Waals surface area contributed by atoms with E-state index < -0.39 is 46.5 Å². The van der Waals surface area contributed by atoms with Crippen molar-refractivity contribution in [2.75, 3.05) is 0 Å². The third-order valence-corrected chi connectivity index (χ3v) is 3.99. The molecule has 2 atom stereocenters. The zero-order valence-corrected chi connectivity index (χ0v) is 10.9. The Balaban J connectivity index is 2.10. The van der Waals surface area contributed by atoms with Crippen molar-refractivity contribution in [2.45, 2.75) is 32.1 Å². The van der Waals surface area contributed by atoms with Crippen LogP contribution in [0.2, 0.25) is 0 Å². The van der Waals surface area contributed by atoms with Crippen LogP contribution in [0.25, 0.3) is 0 Å². The number of carbonyl (C=O) groups is 1. The Morgan fingerprint density at radius 1 is 0.952 bits per heavy atom. The molecule has 2 rings (SSSR count). The van der Waals surface area contributed by atoms with Crippen molar-refractivity contribution in [2.24, 2.45) is 11.8 Å². The van der Waals surface area contributed by atoms with Crippen LogP contribution in [0, 0.1) is 40.9 Å². The van der Waals surface area contributed by atoms with Gasteiger partial charge in [0.25, 0.3) is 0 Å². The van der Waals surface area contributed by atoms with Gasteiger partial charge in [0.15, 0.2) is 23.3 Å². The summed E-state index contributed by atoms with van der Waals surface area (Å²) >= 11 is 0. The number of rotatable bonds is 4. The van der Waals surface area contributed by atoms with Gasteiger partial charge in [0, 0.05) is 5.56 Å². The molecular formula is C14H13F5O2. The molecule has 1 fully saturated rings. The van der Waals surface area contributed by atoms with E-state index in [0.717, 1.165) is 0 Å². The second-order valence-corrected chi connectivity index (χ2v) is 5.30.